The van der Waals surface area contributed by atoms with E-state index in [1.807, 2.05) is 10.6 Å². The van der Waals surface area contributed by atoms with Crippen molar-refractivity contribution in [1.82, 2.24) is 24.1 Å². The predicted octanol–water partition coefficient (Wildman–Crippen LogP) is 11.7. The Hall–Kier alpha value is -7.11. The largest absolute Gasteiger partial charge is 0.309 e. The second-order valence-corrected chi connectivity index (χ2v) is 13.7. The Balaban J connectivity index is 1.03. The van der Waals surface area contributed by atoms with Crippen LogP contribution in [0.3, 0.4) is 0 Å². The summed E-state index contributed by atoms with van der Waals surface area (Å²) in [4.78, 5) is 10.1. The Morgan fingerprint density at radius 3 is 1.90 bits per heavy atom. The van der Waals surface area contributed by atoms with Crippen LogP contribution in [0.2, 0.25) is 0 Å². The number of fused-ring (bicyclic) bond motifs is 7. The van der Waals surface area contributed by atoms with E-state index in [9.17, 15) is 0 Å². The van der Waals surface area contributed by atoms with E-state index in [2.05, 4.69) is 162 Å². The van der Waals surface area contributed by atoms with Crippen LogP contribution >= 0.6 is 0 Å². The zero-order valence-corrected chi connectivity index (χ0v) is 27.8. The highest BCUT2D eigenvalue weighted by Gasteiger charge is 2.24. The van der Waals surface area contributed by atoms with Crippen LogP contribution in [0.5, 0.6) is 0 Å². The maximum atomic E-state index is 5.10. The summed E-state index contributed by atoms with van der Waals surface area (Å²) in [6.45, 7) is 0. The number of rotatable bonds is 3. The third-order valence-electron chi connectivity index (χ3n) is 10.9. The summed E-state index contributed by atoms with van der Waals surface area (Å²) in [5.41, 5.74) is 12.5. The van der Waals surface area contributed by atoms with Crippen LogP contribution in [-0.2, 0) is 0 Å². The molecule has 0 N–H and O–H groups in total. The molecule has 0 bridgehead atoms. The Bertz CT molecular complexity index is 3290. The molecular weight excluding hydrogens is 635 g/mol. The molecule has 0 saturated heterocycles. The molecule has 52 heavy (non-hydrogen) atoms. The average molecular weight is 662 g/mol. The van der Waals surface area contributed by atoms with Crippen LogP contribution in [0.25, 0.3) is 111 Å². The molecule has 0 fully saturated rings. The van der Waals surface area contributed by atoms with Crippen molar-refractivity contribution in [2.75, 3.05) is 0 Å². The lowest BCUT2D eigenvalue weighted by atomic mass is 9.93. The van der Waals surface area contributed by atoms with Crippen molar-refractivity contribution < 1.29 is 0 Å². The third-order valence-corrected chi connectivity index (χ3v) is 10.9. The number of nitrogens with zero attached hydrogens (tertiary/aromatic N) is 5. The Kier molecular flexibility index (Phi) is 5.44. The predicted molar refractivity (Wildman–Crippen MR) is 213 cm³/mol. The molecule has 1 aliphatic rings. The smallest absolute Gasteiger partial charge is 0.253 e. The molecule has 0 aliphatic heterocycles. The minimum absolute atomic E-state index is 0.577. The van der Waals surface area contributed by atoms with Crippen LogP contribution in [0.4, 0.5) is 0 Å². The number of hydrogen-bond acceptors (Lipinski definition) is 3. The van der Waals surface area contributed by atoms with Crippen LogP contribution in [0, 0.1) is 0 Å². The maximum Gasteiger partial charge on any atom is 0.253 e. The molecule has 3 heterocycles. The van der Waals surface area contributed by atoms with Gasteiger partial charge in [-0.3, -0.25) is 0 Å². The molecule has 5 heteroatoms. The van der Waals surface area contributed by atoms with E-state index in [1.165, 1.54) is 65.6 Å². The number of hydrogen-bond donors (Lipinski definition) is 0. The monoisotopic (exact) mass is 661 g/mol. The first-order valence-corrected chi connectivity index (χ1v) is 17.6. The molecule has 8 aromatic carbocycles. The molecule has 0 saturated carbocycles. The quantitative estimate of drug-likeness (QED) is 0.189. The molecule has 5 nitrogen and oxygen atoms in total. The molecule has 1 aliphatic carbocycles. The van der Waals surface area contributed by atoms with Crippen molar-refractivity contribution in [2.24, 2.45) is 0 Å². The minimum Gasteiger partial charge on any atom is -0.309 e. The van der Waals surface area contributed by atoms with Gasteiger partial charge in [0.15, 0.2) is 5.82 Å². The standard InChI is InChI=1S/C47H27N5/c1-2-10-31-27-32(20-19-28(31)9-1)45-38-14-5-6-17-39(38)52-47(48-45)49-46(50-52)30-21-24-33(25-22-30)51-40-18-8-16-37-35-13-4-3-12-34(35)36-15-7-11-29-23-26-41(51)44(42(29)36)43(37)40/h1-27H. The van der Waals surface area contributed by atoms with Gasteiger partial charge in [-0.05, 0) is 92.3 Å². The van der Waals surface area contributed by atoms with Gasteiger partial charge in [0, 0.05) is 33.0 Å². The van der Waals surface area contributed by atoms with Gasteiger partial charge in [0.2, 0.25) is 0 Å². The van der Waals surface area contributed by atoms with Gasteiger partial charge in [0.25, 0.3) is 5.78 Å². The number of aromatic nitrogens is 5. The lowest BCUT2D eigenvalue weighted by molar-refractivity contribution is 0.988. The summed E-state index contributed by atoms with van der Waals surface area (Å²) in [6, 6.07) is 58.6. The number of para-hydroxylation sites is 1. The van der Waals surface area contributed by atoms with Gasteiger partial charge >= 0.3 is 0 Å². The van der Waals surface area contributed by atoms with E-state index in [-0.39, 0.29) is 0 Å². The van der Waals surface area contributed by atoms with Gasteiger partial charge in [-0.2, -0.15) is 9.50 Å². The molecule has 12 rings (SSSR count). The van der Waals surface area contributed by atoms with Gasteiger partial charge < -0.3 is 4.57 Å². The Morgan fingerprint density at radius 2 is 1.04 bits per heavy atom. The Labute approximate surface area is 297 Å². The SMILES string of the molecule is c1ccc2c(c1)-c1cccc3ccc4c(c13)c1c-2cccc1n4-c1ccc(-c2nc3nc(-c4ccc5ccccc5c4)c4ccccc4n3n2)cc1. The summed E-state index contributed by atoms with van der Waals surface area (Å²) >= 11 is 0. The van der Waals surface area contributed by atoms with Crippen molar-refractivity contribution in [3.63, 3.8) is 0 Å². The second-order valence-electron chi connectivity index (χ2n) is 13.7. The molecule has 0 amide bonds. The maximum absolute atomic E-state index is 5.10. The van der Waals surface area contributed by atoms with E-state index >= 15 is 0 Å². The summed E-state index contributed by atoms with van der Waals surface area (Å²) in [7, 11) is 0. The molecule has 0 atom stereocenters. The van der Waals surface area contributed by atoms with Gasteiger partial charge in [-0.15, -0.1) is 5.10 Å². The molecule has 0 radical (unpaired) electrons. The normalized spacial score (nSPS) is 12.2. The highest BCUT2D eigenvalue weighted by Crippen LogP contribution is 2.49. The van der Waals surface area contributed by atoms with Crippen molar-refractivity contribution in [2.45, 2.75) is 0 Å². The van der Waals surface area contributed by atoms with E-state index in [0.717, 1.165) is 33.4 Å². The topological polar surface area (TPSA) is 48.0 Å². The van der Waals surface area contributed by atoms with Crippen LogP contribution < -0.4 is 0 Å². The number of benzene rings is 8. The van der Waals surface area contributed by atoms with Crippen LogP contribution in [0.15, 0.2) is 164 Å². The highest BCUT2D eigenvalue weighted by atomic mass is 15.3. The third kappa shape index (κ3) is 3.74. The zero-order chi connectivity index (χ0) is 33.9. The summed E-state index contributed by atoms with van der Waals surface area (Å²) in [5.74, 6) is 1.22. The van der Waals surface area contributed by atoms with Crippen molar-refractivity contribution in [3.8, 4) is 50.6 Å². The Morgan fingerprint density at radius 1 is 0.404 bits per heavy atom. The zero-order valence-electron chi connectivity index (χ0n) is 27.8. The van der Waals surface area contributed by atoms with E-state index < -0.39 is 0 Å². The highest BCUT2D eigenvalue weighted by molar-refractivity contribution is 6.30. The fraction of sp³-hybridized carbons (Fsp3) is 0. The molecule has 0 spiro atoms. The summed E-state index contributed by atoms with van der Waals surface area (Å²) in [5, 5.41) is 13.6. The molecule has 3 aromatic heterocycles. The van der Waals surface area contributed by atoms with Crippen LogP contribution in [-0.4, -0.2) is 24.1 Å². The van der Waals surface area contributed by atoms with Crippen molar-refractivity contribution in [1.29, 1.82) is 0 Å². The lowest BCUT2D eigenvalue weighted by Gasteiger charge is -2.13. The van der Waals surface area contributed by atoms with Gasteiger partial charge in [0.05, 0.1) is 22.2 Å². The second kappa shape index (κ2) is 10.2. The average Bonchev–Trinajstić information content (AvgIpc) is 3.77. The fourth-order valence-corrected chi connectivity index (χ4v) is 8.60. The molecule has 0 unspecified atom stereocenters. The van der Waals surface area contributed by atoms with Crippen molar-refractivity contribution >= 4 is 60.0 Å². The van der Waals surface area contributed by atoms with Gasteiger partial charge in [0.1, 0.15) is 0 Å². The van der Waals surface area contributed by atoms with E-state index in [0.29, 0.717) is 11.6 Å². The van der Waals surface area contributed by atoms with Gasteiger partial charge in [-0.25, -0.2) is 4.98 Å². The first-order chi connectivity index (χ1) is 25.8. The summed E-state index contributed by atoms with van der Waals surface area (Å²) < 4.78 is 4.28. The van der Waals surface area contributed by atoms with Gasteiger partial charge in [-0.1, -0.05) is 115 Å². The fourth-order valence-electron chi connectivity index (χ4n) is 8.60. The molecule has 11 aromatic rings. The molecule has 240 valence electrons. The minimum atomic E-state index is 0.577. The van der Waals surface area contributed by atoms with E-state index in [4.69, 9.17) is 15.1 Å². The summed E-state index contributed by atoms with van der Waals surface area (Å²) in [6.07, 6.45) is 0. The lowest BCUT2D eigenvalue weighted by Crippen LogP contribution is -1.97. The van der Waals surface area contributed by atoms with Crippen LogP contribution in [0.1, 0.15) is 0 Å². The van der Waals surface area contributed by atoms with E-state index in [1.54, 1.807) is 0 Å². The molecular formula is C47H27N5. The first-order valence-electron chi connectivity index (χ1n) is 17.6. The van der Waals surface area contributed by atoms with Crippen molar-refractivity contribution in [3.05, 3.63) is 164 Å². The first kappa shape index (κ1) is 27.7.